The van der Waals surface area contributed by atoms with Crippen molar-refractivity contribution >= 4 is 17.0 Å². The van der Waals surface area contributed by atoms with Crippen molar-refractivity contribution in [2.24, 2.45) is 5.73 Å². The summed E-state index contributed by atoms with van der Waals surface area (Å²) >= 11 is 0. The third kappa shape index (κ3) is 2.58. The molecule has 1 aromatic heterocycles. The van der Waals surface area contributed by atoms with Crippen LogP contribution >= 0.6 is 0 Å². The minimum atomic E-state index is -1.06. The van der Waals surface area contributed by atoms with Crippen molar-refractivity contribution < 1.29 is 13.9 Å². The van der Waals surface area contributed by atoms with Gasteiger partial charge < -0.3 is 14.9 Å². The molecule has 21 heavy (non-hydrogen) atoms. The van der Waals surface area contributed by atoms with E-state index >= 15 is 0 Å². The van der Waals surface area contributed by atoms with Crippen LogP contribution in [0, 0.1) is 6.92 Å². The largest absolute Gasteiger partial charge is 0.470 e. The highest BCUT2D eigenvalue weighted by atomic mass is 16.5. The molecule has 3 aromatic rings. The maximum atomic E-state index is 11.7. The number of nitrogens with two attached hydrogens (primary N) is 1. The van der Waals surface area contributed by atoms with Gasteiger partial charge in [-0.25, -0.2) is 4.98 Å². The molecule has 0 aliphatic carbocycles. The van der Waals surface area contributed by atoms with Gasteiger partial charge in [-0.2, -0.15) is 0 Å². The molecule has 3 rings (SSSR count). The van der Waals surface area contributed by atoms with Gasteiger partial charge in [-0.05, 0) is 30.7 Å². The average molecular weight is 282 g/mol. The van der Waals surface area contributed by atoms with Crippen LogP contribution in [0.2, 0.25) is 0 Å². The molecular formula is C16H14N2O3. The van der Waals surface area contributed by atoms with Crippen LogP contribution in [-0.4, -0.2) is 10.9 Å². The molecule has 0 bridgehead atoms. The highest BCUT2D eigenvalue weighted by molar-refractivity contribution is 5.81. The van der Waals surface area contributed by atoms with Crippen LogP contribution < -0.4 is 10.5 Å². The molecule has 0 saturated carbocycles. The van der Waals surface area contributed by atoms with Crippen LogP contribution in [-0.2, 0) is 4.79 Å². The van der Waals surface area contributed by atoms with E-state index in [1.165, 1.54) is 0 Å². The minimum absolute atomic E-state index is 0.159. The zero-order valence-electron chi connectivity index (χ0n) is 11.4. The molecule has 1 heterocycles. The number of hydrogen-bond donors (Lipinski definition) is 1. The Morgan fingerprint density at radius 1 is 1.19 bits per heavy atom. The van der Waals surface area contributed by atoms with Gasteiger partial charge in [0.15, 0.2) is 5.58 Å². The Morgan fingerprint density at radius 3 is 2.62 bits per heavy atom. The van der Waals surface area contributed by atoms with E-state index in [4.69, 9.17) is 14.9 Å². The van der Waals surface area contributed by atoms with Crippen LogP contribution in [0.25, 0.3) is 11.1 Å². The number of fused-ring (bicyclic) bond motifs is 1. The topological polar surface area (TPSA) is 78.4 Å². The summed E-state index contributed by atoms with van der Waals surface area (Å²) in [5.74, 6) is 0.0836. The highest BCUT2D eigenvalue weighted by Crippen LogP contribution is 2.26. The van der Waals surface area contributed by atoms with Crippen LogP contribution in [0.3, 0.4) is 0 Å². The van der Waals surface area contributed by atoms with Gasteiger partial charge in [-0.1, -0.05) is 30.3 Å². The first kappa shape index (κ1) is 13.2. The summed E-state index contributed by atoms with van der Waals surface area (Å²) in [5, 5.41) is 0. The van der Waals surface area contributed by atoms with E-state index in [9.17, 15) is 4.79 Å². The molecule has 1 atom stereocenters. The van der Waals surface area contributed by atoms with Crippen LogP contribution in [0.1, 0.15) is 17.6 Å². The number of para-hydroxylation sites is 3. The molecule has 5 nitrogen and oxygen atoms in total. The summed E-state index contributed by atoms with van der Waals surface area (Å²) in [6.45, 7) is 1.89. The van der Waals surface area contributed by atoms with Gasteiger partial charge in [-0.15, -0.1) is 0 Å². The summed E-state index contributed by atoms with van der Waals surface area (Å²) in [4.78, 5) is 16.0. The molecule has 1 amide bonds. The summed E-state index contributed by atoms with van der Waals surface area (Å²) in [6.07, 6.45) is -1.06. The minimum Gasteiger partial charge on any atom is -0.470 e. The fraction of sp³-hybridized carbons (Fsp3) is 0.125. The number of amides is 1. The number of carbonyl (C=O) groups is 1. The smallest absolute Gasteiger partial charge is 0.268 e. The Morgan fingerprint density at radius 2 is 1.90 bits per heavy atom. The second-order valence-corrected chi connectivity index (χ2v) is 4.69. The molecule has 2 aromatic carbocycles. The average Bonchev–Trinajstić information content (AvgIpc) is 2.89. The quantitative estimate of drug-likeness (QED) is 0.798. The molecule has 0 aliphatic heterocycles. The summed E-state index contributed by atoms with van der Waals surface area (Å²) in [7, 11) is 0. The molecule has 1 unspecified atom stereocenters. The van der Waals surface area contributed by atoms with Crippen molar-refractivity contribution in [2.45, 2.75) is 13.0 Å². The van der Waals surface area contributed by atoms with Crippen LogP contribution in [0.5, 0.6) is 5.75 Å². The number of nitrogens with zero attached hydrogens (tertiary/aromatic N) is 1. The number of hydrogen-bond acceptors (Lipinski definition) is 4. The Hall–Kier alpha value is -2.82. The first-order valence-corrected chi connectivity index (χ1v) is 6.52. The maximum absolute atomic E-state index is 11.7. The fourth-order valence-electron chi connectivity index (χ4n) is 2.05. The van der Waals surface area contributed by atoms with Crippen molar-refractivity contribution in [1.29, 1.82) is 0 Å². The summed E-state index contributed by atoms with van der Waals surface area (Å²) in [6, 6.07) is 14.6. The van der Waals surface area contributed by atoms with Gasteiger partial charge in [-0.3, -0.25) is 4.79 Å². The standard InChI is InChI=1S/C16H14N2O3/c1-10-6-2-4-8-12(10)20-14(15(17)19)16-18-11-7-3-5-9-13(11)21-16/h2-9,14H,1H3,(H2,17,19). The zero-order chi connectivity index (χ0) is 14.8. The highest BCUT2D eigenvalue weighted by Gasteiger charge is 2.26. The third-order valence-electron chi connectivity index (χ3n) is 3.13. The molecule has 0 fully saturated rings. The van der Waals surface area contributed by atoms with E-state index < -0.39 is 12.0 Å². The summed E-state index contributed by atoms with van der Waals surface area (Å²) < 4.78 is 11.3. The molecule has 0 aliphatic rings. The molecule has 2 N–H and O–H groups in total. The predicted molar refractivity (Wildman–Crippen MR) is 77.8 cm³/mol. The van der Waals surface area contributed by atoms with Crippen molar-refractivity contribution in [3.8, 4) is 5.75 Å². The molecule has 106 valence electrons. The molecule has 5 heteroatoms. The maximum Gasteiger partial charge on any atom is 0.268 e. The number of benzene rings is 2. The lowest BCUT2D eigenvalue weighted by Crippen LogP contribution is -2.26. The molecular weight excluding hydrogens is 268 g/mol. The number of ether oxygens (including phenoxy) is 1. The lowest BCUT2D eigenvalue weighted by molar-refractivity contribution is -0.125. The number of aryl methyl sites for hydroxylation is 1. The van der Waals surface area contributed by atoms with Crippen LogP contribution in [0.15, 0.2) is 52.9 Å². The zero-order valence-corrected chi connectivity index (χ0v) is 11.4. The first-order chi connectivity index (χ1) is 10.1. The lowest BCUT2D eigenvalue weighted by Gasteiger charge is -2.14. The second-order valence-electron chi connectivity index (χ2n) is 4.69. The van der Waals surface area contributed by atoms with Gasteiger partial charge in [0.25, 0.3) is 12.0 Å². The number of primary amides is 1. The second kappa shape index (κ2) is 5.28. The van der Waals surface area contributed by atoms with Crippen LogP contribution in [0.4, 0.5) is 0 Å². The SMILES string of the molecule is Cc1ccccc1OC(C(N)=O)c1nc2ccccc2o1. The van der Waals surface area contributed by atoms with Gasteiger partial charge in [0.1, 0.15) is 11.3 Å². The molecule has 0 saturated heterocycles. The predicted octanol–water partition coefficient (Wildman–Crippen LogP) is 2.74. The number of oxazole rings is 1. The lowest BCUT2D eigenvalue weighted by atomic mass is 10.2. The van der Waals surface area contributed by atoms with Gasteiger partial charge in [0.2, 0.25) is 5.89 Å². The van der Waals surface area contributed by atoms with E-state index in [1.807, 2.05) is 37.3 Å². The molecule has 0 radical (unpaired) electrons. The third-order valence-corrected chi connectivity index (χ3v) is 3.13. The Balaban J connectivity index is 1.98. The van der Waals surface area contributed by atoms with Gasteiger partial charge in [0, 0.05) is 0 Å². The molecule has 0 spiro atoms. The van der Waals surface area contributed by atoms with Crippen molar-refractivity contribution in [3.63, 3.8) is 0 Å². The van der Waals surface area contributed by atoms with E-state index in [2.05, 4.69) is 4.98 Å². The Labute approximate surface area is 121 Å². The van der Waals surface area contributed by atoms with Crippen molar-refractivity contribution in [1.82, 2.24) is 4.98 Å². The van der Waals surface area contributed by atoms with E-state index in [1.54, 1.807) is 18.2 Å². The van der Waals surface area contributed by atoms with E-state index in [0.29, 0.717) is 16.8 Å². The Kier molecular flexibility index (Phi) is 3.31. The normalized spacial score (nSPS) is 12.2. The summed E-state index contributed by atoms with van der Waals surface area (Å²) in [5.41, 5.74) is 7.58. The van der Waals surface area contributed by atoms with Crippen molar-refractivity contribution in [3.05, 3.63) is 60.0 Å². The fourth-order valence-corrected chi connectivity index (χ4v) is 2.05. The monoisotopic (exact) mass is 282 g/mol. The van der Waals surface area contributed by atoms with Gasteiger partial charge in [0.05, 0.1) is 0 Å². The van der Waals surface area contributed by atoms with Gasteiger partial charge >= 0.3 is 0 Å². The van der Waals surface area contributed by atoms with E-state index in [0.717, 1.165) is 5.56 Å². The Bertz CT molecular complexity index is 762. The first-order valence-electron chi connectivity index (χ1n) is 6.52. The number of carbonyl (C=O) groups excluding carboxylic acids is 1. The number of aromatic nitrogens is 1. The van der Waals surface area contributed by atoms with E-state index in [-0.39, 0.29) is 5.89 Å². The number of rotatable bonds is 4. The van der Waals surface area contributed by atoms with Crippen molar-refractivity contribution in [2.75, 3.05) is 0 Å².